The highest BCUT2D eigenvalue weighted by Gasteiger charge is 2.12. The Hall–Kier alpha value is -2.93. The molecule has 0 atom stereocenters. The van der Waals surface area contributed by atoms with Gasteiger partial charge in [-0.2, -0.15) is 5.26 Å². The van der Waals surface area contributed by atoms with Crippen LogP contribution in [0.15, 0.2) is 42.6 Å². The van der Waals surface area contributed by atoms with Crippen molar-refractivity contribution < 1.29 is 4.74 Å². The van der Waals surface area contributed by atoms with Gasteiger partial charge in [-0.15, -0.1) is 0 Å². The minimum Gasteiger partial charge on any atom is -0.455 e. The summed E-state index contributed by atoms with van der Waals surface area (Å²) in [6.07, 6.45) is 1.74. The standard InChI is InChI=1S/C17H13N3O/c1-11-9-17(14(10-18)12(2)20-11)21-16-7-3-6-15-13(16)5-4-8-19-15/h3-9H,1-2H3. The van der Waals surface area contributed by atoms with Gasteiger partial charge in [-0.25, -0.2) is 0 Å². The van der Waals surface area contributed by atoms with Gasteiger partial charge in [0.05, 0.1) is 11.2 Å². The van der Waals surface area contributed by atoms with E-state index in [4.69, 9.17) is 4.74 Å². The molecule has 3 aromatic rings. The number of nitriles is 1. The number of pyridine rings is 2. The largest absolute Gasteiger partial charge is 0.455 e. The third-order valence-corrected chi connectivity index (χ3v) is 3.23. The molecule has 0 spiro atoms. The van der Waals surface area contributed by atoms with Crippen molar-refractivity contribution >= 4 is 10.9 Å². The lowest BCUT2D eigenvalue weighted by molar-refractivity contribution is 0.484. The Morgan fingerprint density at radius 3 is 2.76 bits per heavy atom. The zero-order chi connectivity index (χ0) is 14.8. The predicted molar refractivity (Wildman–Crippen MR) is 80.2 cm³/mol. The maximum Gasteiger partial charge on any atom is 0.148 e. The number of fused-ring (bicyclic) bond motifs is 1. The SMILES string of the molecule is Cc1cc(Oc2cccc3ncccc23)c(C#N)c(C)n1. The van der Waals surface area contributed by atoms with E-state index in [2.05, 4.69) is 16.0 Å². The second kappa shape index (κ2) is 5.22. The fourth-order valence-electron chi connectivity index (χ4n) is 2.29. The number of aromatic nitrogens is 2. The van der Waals surface area contributed by atoms with Gasteiger partial charge in [0, 0.05) is 23.3 Å². The molecule has 0 fully saturated rings. The molecule has 3 rings (SSSR count). The molecule has 2 aromatic heterocycles. The van der Waals surface area contributed by atoms with Crippen LogP contribution >= 0.6 is 0 Å². The van der Waals surface area contributed by atoms with E-state index in [-0.39, 0.29) is 0 Å². The first-order valence-electron chi connectivity index (χ1n) is 6.59. The molecule has 1 aromatic carbocycles. The van der Waals surface area contributed by atoms with E-state index < -0.39 is 0 Å². The summed E-state index contributed by atoms with van der Waals surface area (Å²) >= 11 is 0. The summed E-state index contributed by atoms with van der Waals surface area (Å²) in [7, 11) is 0. The lowest BCUT2D eigenvalue weighted by Gasteiger charge is -2.11. The summed E-state index contributed by atoms with van der Waals surface area (Å²) < 4.78 is 5.97. The summed E-state index contributed by atoms with van der Waals surface area (Å²) in [5.74, 6) is 1.21. The first kappa shape index (κ1) is 13.1. The van der Waals surface area contributed by atoms with Crippen molar-refractivity contribution in [1.82, 2.24) is 9.97 Å². The minimum absolute atomic E-state index is 0.460. The number of benzene rings is 1. The zero-order valence-corrected chi connectivity index (χ0v) is 11.8. The summed E-state index contributed by atoms with van der Waals surface area (Å²) in [6.45, 7) is 3.69. The van der Waals surface area contributed by atoms with Gasteiger partial charge in [-0.05, 0) is 38.1 Å². The Morgan fingerprint density at radius 2 is 1.95 bits per heavy atom. The van der Waals surface area contributed by atoms with Gasteiger partial charge >= 0.3 is 0 Å². The van der Waals surface area contributed by atoms with Crippen LogP contribution < -0.4 is 4.74 Å². The molecule has 0 aliphatic heterocycles. The van der Waals surface area contributed by atoms with E-state index in [9.17, 15) is 5.26 Å². The number of hydrogen-bond acceptors (Lipinski definition) is 4. The molecule has 0 aliphatic carbocycles. The average Bonchev–Trinajstić information content (AvgIpc) is 2.47. The summed E-state index contributed by atoms with van der Waals surface area (Å²) in [5.41, 5.74) is 2.81. The molecule has 0 saturated carbocycles. The van der Waals surface area contributed by atoms with Crippen molar-refractivity contribution in [2.45, 2.75) is 13.8 Å². The van der Waals surface area contributed by atoms with Gasteiger partial charge in [-0.1, -0.05) is 6.07 Å². The molecule has 21 heavy (non-hydrogen) atoms. The maximum absolute atomic E-state index is 9.30. The minimum atomic E-state index is 0.460. The van der Waals surface area contributed by atoms with E-state index in [0.717, 1.165) is 16.6 Å². The Bertz CT molecular complexity index is 860. The number of hydrogen-bond donors (Lipinski definition) is 0. The monoisotopic (exact) mass is 275 g/mol. The van der Waals surface area contributed by atoms with Crippen molar-refractivity contribution in [3.8, 4) is 17.6 Å². The second-order valence-electron chi connectivity index (χ2n) is 4.76. The third kappa shape index (κ3) is 2.41. The highest BCUT2D eigenvalue weighted by molar-refractivity contribution is 5.85. The first-order valence-corrected chi connectivity index (χ1v) is 6.59. The average molecular weight is 275 g/mol. The van der Waals surface area contributed by atoms with Crippen LogP contribution in [0.2, 0.25) is 0 Å². The van der Waals surface area contributed by atoms with Gasteiger partial charge in [-0.3, -0.25) is 9.97 Å². The molecule has 0 unspecified atom stereocenters. The highest BCUT2D eigenvalue weighted by Crippen LogP contribution is 2.31. The molecule has 0 saturated heterocycles. The molecular formula is C17H13N3O. The number of rotatable bonds is 2. The molecule has 2 heterocycles. The van der Waals surface area contributed by atoms with Crippen LogP contribution in [0.1, 0.15) is 17.0 Å². The Kier molecular flexibility index (Phi) is 3.25. The van der Waals surface area contributed by atoms with Gasteiger partial charge in [0.25, 0.3) is 0 Å². The van der Waals surface area contributed by atoms with Gasteiger partial charge in [0.15, 0.2) is 0 Å². The molecule has 0 N–H and O–H groups in total. The maximum atomic E-state index is 9.30. The van der Waals surface area contributed by atoms with Crippen LogP contribution in [0.5, 0.6) is 11.5 Å². The molecule has 0 bridgehead atoms. The smallest absolute Gasteiger partial charge is 0.148 e. The number of ether oxygens (including phenoxy) is 1. The van der Waals surface area contributed by atoms with Crippen molar-refractivity contribution in [2.75, 3.05) is 0 Å². The van der Waals surface area contributed by atoms with Crippen LogP contribution in [0, 0.1) is 25.2 Å². The molecular weight excluding hydrogens is 262 g/mol. The normalized spacial score (nSPS) is 10.3. The van der Waals surface area contributed by atoms with Crippen LogP contribution in [0.3, 0.4) is 0 Å². The zero-order valence-electron chi connectivity index (χ0n) is 11.8. The van der Waals surface area contributed by atoms with Crippen molar-refractivity contribution in [2.24, 2.45) is 0 Å². The third-order valence-electron chi connectivity index (χ3n) is 3.23. The van der Waals surface area contributed by atoms with Crippen molar-refractivity contribution in [3.05, 3.63) is 59.5 Å². The summed E-state index contributed by atoms with van der Waals surface area (Å²) in [4.78, 5) is 8.60. The number of aryl methyl sites for hydroxylation is 2. The number of nitrogens with zero attached hydrogens (tertiary/aromatic N) is 3. The van der Waals surface area contributed by atoms with Crippen LogP contribution in [0.25, 0.3) is 10.9 Å². The lowest BCUT2D eigenvalue weighted by atomic mass is 10.1. The molecule has 0 radical (unpaired) electrons. The van der Waals surface area contributed by atoms with Gasteiger partial charge < -0.3 is 4.74 Å². The van der Waals surface area contributed by atoms with E-state index in [0.29, 0.717) is 22.8 Å². The summed E-state index contributed by atoms with van der Waals surface area (Å²) in [6, 6.07) is 13.4. The van der Waals surface area contributed by atoms with E-state index in [1.807, 2.05) is 44.2 Å². The van der Waals surface area contributed by atoms with Crippen LogP contribution in [0.4, 0.5) is 0 Å². The molecule has 0 amide bonds. The quantitative estimate of drug-likeness (QED) is 0.711. The van der Waals surface area contributed by atoms with Gasteiger partial charge in [0.1, 0.15) is 23.1 Å². The summed E-state index contributed by atoms with van der Waals surface area (Å²) in [5, 5.41) is 10.2. The van der Waals surface area contributed by atoms with E-state index in [1.165, 1.54) is 0 Å². The molecule has 0 aliphatic rings. The molecule has 4 heteroatoms. The predicted octanol–water partition coefficient (Wildman–Crippen LogP) is 3.91. The van der Waals surface area contributed by atoms with Crippen LogP contribution in [-0.4, -0.2) is 9.97 Å². The van der Waals surface area contributed by atoms with Crippen LogP contribution in [-0.2, 0) is 0 Å². The Balaban J connectivity index is 2.14. The lowest BCUT2D eigenvalue weighted by Crippen LogP contribution is -1.96. The highest BCUT2D eigenvalue weighted by atomic mass is 16.5. The van der Waals surface area contributed by atoms with Crippen molar-refractivity contribution in [3.63, 3.8) is 0 Å². The topological polar surface area (TPSA) is 58.8 Å². The first-order chi connectivity index (χ1) is 10.2. The fraction of sp³-hybridized carbons (Fsp3) is 0.118. The van der Waals surface area contributed by atoms with E-state index in [1.54, 1.807) is 12.3 Å². The molecule has 4 nitrogen and oxygen atoms in total. The second-order valence-corrected chi connectivity index (χ2v) is 4.76. The fourth-order valence-corrected chi connectivity index (χ4v) is 2.29. The van der Waals surface area contributed by atoms with Crippen molar-refractivity contribution in [1.29, 1.82) is 5.26 Å². The van der Waals surface area contributed by atoms with Gasteiger partial charge in [0.2, 0.25) is 0 Å². The Labute approximate surface area is 122 Å². The Morgan fingerprint density at radius 1 is 1.10 bits per heavy atom. The van der Waals surface area contributed by atoms with E-state index >= 15 is 0 Å². The molecule has 102 valence electrons.